The van der Waals surface area contributed by atoms with E-state index < -0.39 is 16.1 Å². The fourth-order valence-electron chi connectivity index (χ4n) is 0.978. The van der Waals surface area contributed by atoms with Gasteiger partial charge in [-0.1, -0.05) is 0 Å². The minimum atomic E-state index is -2.14. The Balaban J connectivity index is 0.00000196. The van der Waals surface area contributed by atoms with Crippen LogP contribution < -0.4 is 10.6 Å². The van der Waals surface area contributed by atoms with Crippen molar-refractivity contribution in [1.29, 1.82) is 0 Å². The summed E-state index contributed by atoms with van der Waals surface area (Å²) < 4.78 is 31.9. The number of hydrogen-bond acceptors (Lipinski definition) is 4. The van der Waals surface area contributed by atoms with Crippen LogP contribution in [-0.2, 0) is 18.2 Å². The van der Waals surface area contributed by atoms with Gasteiger partial charge < -0.3 is 9.05 Å². The van der Waals surface area contributed by atoms with Gasteiger partial charge in [-0.3, -0.25) is 9.13 Å². The molecule has 0 spiro atoms. The quantitative estimate of drug-likeness (QED) is 0.585. The summed E-state index contributed by atoms with van der Waals surface area (Å²) in [5, 5.41) is 1.24. The zero-order valence-corrected chi connectivity index (χ0v) is 9.94. The van der Waals surface area contributed by atoms with Gasteiger partial charge >= 0.3 is 37.7 Å². The summed E-state index contributed by atoms with van der Waals surface area (Å²) in [7, 11) is -1.48. The summed E-state index contributed by atoms with van der Waals surface area (Å²) in [4.78, 5) is 0. The van der Waals surface area contributed by atoms with Crippen molar-refractivity contribution in [2.75, 3.05) is 14.2 Å². The van der Waals surface area contributed by atoms with E-state index in [4.69, 9.17) is 9.05 Å². The van der Waals surface area contributed by atoms with Crippen LogP contribution in [0.3, 0.4) is 0 Å². The monoisotopic (exact) mass is 276 g/mol. The second kappa shape index (κ2) is 8.03. The third-order valence-corrected chi connectivity index (χ3v) is 4.08. The Kier molecular flexibility index (Phi) is 8.49. The van der Waals surface area contributed by atoms with E-state index in [9.17, 15) is 9.13 Å². The van der Waals surface area contributed by atoms with Crippen molar-refractivity contribution in [2.24, 2.45) is 0 Å². The van der Waals surface area contributed by atoms with E-state index >= 15 is 0 Å². The van der Waals surface area contributed by atoms with E-state index in [0.717, 1.165) is 0 Å². The molecule has 0 aliphatic heterocycles. The van der Waals surface area contributed by atoms with Crippen molar-refractivity contribution in [3.63, 3.8) is 0 Å². The maximum atomic E-state index is 11.2. The third kappa shape index (κ3) is 4.70. The van der Waals surface area contributed by atoms with E-state index in [2.05, 4.69) is 0 Å². The van der Waals surface area contributed by atoms with Crippen LogP contribution in [0.4, 0.5) is 0 Å². The first kappa shape index (κ1) is 15.9. The van der Waals surface area contributed by atoms with Gasteiger partial charge in [0.15, 0.2) is 0 Å². The van der Waals surface area contributed by atoms with Crippen LogP contribution in [0.15, 0.2) is 24.3 Å². The van der Waals surface area contributed by atoms with Gasteiger partial charge in [0.25, 0.3) is 0 Å². The van der Waals surface area contributed by atoms with Crippen molar-refractivity contribution in [3.05, 3.63) is 24.3 Å². The molecule has 0 fully saturated rings. The van der Waals surface area contributed by atoms with Crippen LogP contribution in [0.1, 0.15) is 0 Å². The van der Waals surface area contributed by atoms with E-state index in [0.29, 0.717) is 10.6 Å². The van der Waals surface area contributed by atoms with Crippen LogP contribution in [0, 0.1) is 0 Å². The molecule has 0 saturated heterocycles. The van der Waals surface area contributed by atoms with Gasteiger partial charge in [0.05, 0.1) is 0 Å². The Labute approximate surface area is 120 Å². The molecule has 0 heterocycles. The third-order valence-electron chi connectivity index (χ3n) is 1.73. The summed E-state index contributed by atoms with van der Waals surface area (Å²) in [5.41, 5.74) is 0. The molecular formula is C8H14CaO4P2. The first-order valence-electron chi connectivity index (χ1n) is 3.95. The number of benzene rings is 1. The molecule has 0 saturated carbocycles. The molecular weight excluding hydrogens is 262 g/mol. The Morgan fingerprint density at radius 3 is 1.33 bits per heavy atom. The molecule has 0 bridgehead atoms. The predicted octanol–water partition coefficient (Wildman–Crippen LogP) is 0.263. The molecule has 4 nitrogen and oxygen atoms in total. The van der Waals surface area contributed by atoms with Crippen LogP contribution in [0.25, 0.3) is 0 Å². The van der Waals surface area contributed by atoms with Crippen molar-refractivity contribution < 1.29 is 18.2 Å². The van der Waals surface area contributed by atoms with Crippen LogP contribution in [0.5, 0.6) is 0 Å². The summed E-state index contributed by atoms with van der Waals surface area (Å²) in [6, 6.07) is 6.56. The SMILES string of the molecule is CO[PH](=O)c1ccc([PH](=O)OC)cc1.[CaH2]. The van der Waals surface area contributed by atoms with Crippen molar-refractivity contribution in [1.82, 2.24) is 0 Å². The van der Waals surface area contributed by atoms with E-state index in [-0.39, 0.29) is 37.7 Å². The summed E-state index contributed by atoms with van der Waals surface area (Å²) in [5.74, 6) is 0. The molecule has 0 radical (unpaired) electrons. The van der Waals surface area contributed by atoms with Crippen LogP contribution in [-0.4, -0.2) is 52.0 Å². The maximum absolute atomic E-state index is 11.2. The molecule has 1 aromatic carbocycles. The van der Waals surface area contributed by atoms with Gasteiger partial charge in [0, 0.05) is 24.8 Å². The molecule has 7 heteroatoms. The van der Waals surface area contributed by atoms with Gasteiger partial charge in [-0.15, -0.1) is 0 Å². The summed E-state index contributed by atoms with van der Waals surface area (Å²) in [6.45, 7) is 0. The van der Waals surface area contributed by atoms with E-state index in [1.54, 1.807) is 24.3 Å². The minimum absolute atomic E-state index is 0. The van der Waals surface area contributed by atoms with Gasteiger partial charge in [0.1, 0.15) is 0 Å². The van der Waals surface area contributed by atoms with Crippen molar-refractivity contribution in [2.45, 2.75) is 0 Å². The summed E-state index contributed by atoms with van der Waals surface area (Å²) >= 11 is 0. The van der Waals surface area contributed by atoms with Gasteiger partial charge in [0.2, 0.25) is 16.1 Å². The predicted molar refractivity (Wildman–Crippen MR) is 66.3 cm³/mol. The van der Waals surface area contributed by atoms with Crippen molar-refractivity contribution in [3.8, 4) is 0 Å². The first-order valence-corrected chi connectivity index (χ1v) is 6.59. The Morgan fingerprint density at radius 2 is 1.13 bits per heavy atom. The van der Waals surface area contributed by atoms with Crippen molar-refractivity contribution >= 4 is 64.4 Å². The topological polar surface area (TPSA) is 52.6 Å². The molecule has 0 amide bonds. The molecule has 15 heavy (non-hydrogen) atoms. The zero-order chi connectivity index (χ0) is 10.6. The molecule has 0 N–H and O–H groups in total. The van der Waals surface area contributed by atoms with Crippen LogP contribution in [0.2, 0.25) is 0 Å². The fraction of sp³-hybridized carbons (Fsp3) is 0.250. The second-order valence-electron chi connectivity index (χ2n) is 2.56. The molecule has 1 aromatic rings. The Hall–Kier alpha value is 0.860. The van der Waals surface area contributed by atoms with Gasteiger partial charge in [-0.2, -0.15) is 0 Å². The molecule has 0 aliphatic rings. The molecule has 1 rings (SSSR count). The fourth-order valence-corrected chi connectivity index (χ4v) is 2.33. The Morgan fingerprint density at radius 1 is 0.867 bits per heavy atom. The first-order chi connectivity index (χ1) is 6.69. The summed E-state index contributed by atoms with van der Waals surface area (Å²) in [6.07, 6.45) is 0. The average molecular weight is 276 g/mol. The normalized spacial score (nSPS) is 14.0. The number of hydrogen-bond donors (Lipinski definition) is 0. The Bertz CT molecular complexity index is 317. The zero-order valence-electron chi connectivity index (χ0n) is 7.94. The molecule has 2 atom stereocenters. The molecule has 2 unspecified atom stereocenters. The molecule has 82 valence electrons. The van der Waals surface area contributed by atoms with E-state index in [1.165, 1.54) is 14.2 Å². The molecule has 0 aliphatic carbocycles. The van der Waals surface area contributed by atoms with Gasteiger partial charge in [-0.25, -0.2) is 0 Å². The standard InChI is InChI=1S/C8H12O4P2.Ca.2H/c1-11-13(9)7-3-5-8(6-4-7)14(10)12-2;;;/h3-6,13-14H,1-2H3;;;. The average Bonchev–Trinajstić information content (AvgIpc) is 2.27. The van der Waals surface area contributed by atoms with E-state index in [1.807, 2.05) is 0 Å². The van der Waals surface area contributed by atoms with Crippen LogP contribution >= 0.6 is 16.1 Å². The second-order valence-corrected chi connectivity index (χ2v) is 5.68. The van der Waals surface area contributed by atoms with Gasteiger partial charge in [-0.05, 0) is 24.3 Å². The molecule has 0 aromatic heterocycles. The number of rotatable bonds is 4.